The number of carbonyl (C=O) groups excluding carboxylic acids is 7. The van der Waals surface area contributed by atoms with Crippen LogP contribution in [-0.2, 0) is 60.5 Å². The number of anilines is 2. The smallest absolute Gasteiger partial charge is 0.313 e. The SMILES string of the molecule is CC(NC(=O)C(=O)Nc1ccccc1C(C)(C)C)C(=O)NC1CC(=O)OC1OCc1ccccc1.CCC(NC(=O)C(C)NC(=O)C(=O)Nc1ccccc1C(C)(C)C)C(C)C. The molecule has 0 spiro atoms. The van der Waals surface area contributed by atoms with Gasteiger partial charge in [-0.1, -0.05) is 129 Å². The van der Waals surface area contributed by atoms with Gasteiger partial charge < -0.3 is 41.4 Å². The Morgan fingerprint density at radius 3 is 1.55 bits per heavy atom. The summed E-state index contributed by atoms with van der Waals surface area (Å²) in [6, 6.07) is 21.4. The van der Waals surface area contributed by atoms with E-state index in [1.165, 1.54) is 6.92 Å². The number of cyclic esters (lactones) is 1. The minimum Gasteiger partial charge on any atom is -0.433 e. The van der Waals surface area contributed by atoms with Crippen molar-refractivity contribution in [3.63, 3.8) is 0 Å². The Hall–Kier alpha value is -6.09. The molecular formula is C47H64N6O9. The van der Waals surface area contributed by atoms with Gasteiger partial charge in [-0.25, -0.2) is 0 Å². The van der Waals surface area contributed by atoms with Gasteiger partial charge in [-0.05, 0) is 65.8 Å². The van der Waals surface area contributed by atoms with Crippen LogP contribution in [0, 0.1) is 5.92 Å². The molecule has 15 nitrogen and oxygen atoms in total. The van der Waals surface area contributed by atoms with Gasteiger partial charge in [-0.3, -0.25) is 33.6 Å². The maximum Gasteiger partial charge on any atom is 0.313 e. The third kappa shape index (κ3) is 15.4. The predicted molar refractivity (Wildman–Crippen MR) is 237 cm³/mol. The van der Waals surface area contributed by atoms with Crippen molar-refractivity contribution in [2.45, 2.75) is 137 Å². The molecule has 0 radical (unpaired) electrons. The fourth-order valence-corrected chi connectivity index (χ4v) is 6.42. The molecule has 0 aromatic heterocycles. The lowest BCUT2D eigenvalue weighted by Gasteiger charge is -2.24. The second-order valence-corrected chi connectivity index (χ2v) is 17.6. The monoisotopic (exact) mass is 856 g/mol. The van der Waals surface area contributed by atoms with E-state index < -0.39 is 59.9 Å². The number of carbonyl (C=O) groups is 7. The van der Waals surface area contributed by atoms with Crippen LogP contribution in [0.2, 0.25) is 0 Å². The van der Waals surface area contributed by atoms with Gasteiger partial charge >= 0.3 is 29.6 Å². The summed E-state index contributed by atoms with van der Waals surface area (Å²) in [6.07, 6.45) is -0.212. The number of hydrogen-bond acceptors (Lipinski definition) is 9. The third-order valence-corrected chi connectivity index (χ3v) is 9.98. The average molecular weight is 857 g/mol. The number of amides is 6. The van der Waals surface area contributed by atoms with E-state index in [2.05, 4.69) is 31.9 Å². The quantitative estimate of drug-likeness (QED) is 0.0962. The lowest BCUT2D eigenvalue weighted by Crippen LogP contribution is -2.52. The molecule has 5 atom stereocenters. The second-order valence-electron chi connectivity index (χ2n) is 17.6. The first kappa shape index (κ1) is 50.3. The van der Waals surface area contributed by atoms with Crippen molar-refractivity contribution < 1.29 is 43.0 Å². The zero-order valence-corrected chi connectivity index (χ0v) is 37.8. The summed E-state index contributed by atoms with van der Waals surface area (Å²) in [4.78, 5) is 86.1. The van der Waals surface area contributed by atoms with E-state index in [0.717, 1.165) is 23.1 Å². The van der Waals surface area contributed by atoms with Gasteiger partial charge in [-0.2, -0.15) is 0 Å². The van der Waals surface area contributed by atoms with Crippen LogP contribution in [0.15, 0.2) is 78.9 Å². The number of hydrogen-bond donors (Lipinski definition) is 6. The van der Waals surface area contributed by atoms with Crippen LogP contribution in [0.25, 0.3) is 0 Å². The van der Waals surface area contributed by atoms with Crippen molar-refractivity contribution in [3.05, 3.63) is 95.6 Å². The average Bonchev–Trinajstić information content (AvgIpc) is 3.56. The molecule has 3 aromatic carbocycles. The predicted octanol–water partition coefficient (Wildman–Crippen LogP) is 5.38. The summed E-state index contributed by atoms with van der Waals surface area (Å²) in [7, 11) is 0. The van der Waals surface area contributed by atoms with Crippen LogP contribution >= 0.6 is 0 Å². The first-order valence-electron chi connectivity index (χ1n) is 20.9. The molecule has 6 amide bonds. The molecule has 1 aliphatic rings. The van der Waals surface area contributed by atoms with Gasteiger partial charge in [-0.15, -0.1) is 0 Å². The molecular weight excluding hydrogens is 793 g/mol. The molecule has 0 saturated carbocycles. The fraction of sp³-hybridized carbons (Fsp3) is 0.468. The van der Waals surface area contributed by atoms with E-state index in [0.29, 0.717) is 17.3 Å². The topological polar surface area (TPSA) is 210 Å². The molecule has 1 heterocycles. The summed E-state index contributed by atoms with van der Waals surface area (Å²) in [5, 5.41) is 15.7. The molecule has 62 heavy (non-hydrogen) atoms. The van der Waals surface area contributed by atoms with E-state index in [4.69, 9.17) is 9.47 Å². The highest BCUT2D eigenvalue weighted by Gasteiger charge is 2.38. The van der Waals surface area contributed by atoms with Crippen molar-refractivity contribution in [2.75, 3.05) is 10.6 Å². The summed E-state index contributed by atoms with van der Waals surface area (Å²) in [5.74, 6) is -4.54. The Balaban J connectivity index is 0.000000343. The number of para-hydroxylation sites is 2. The zero-order valence-electron chi connectivity index (χ0n) is 37.8. The molecule has 336 valence electrons. The Labute approximate surface area is 365 Å². The van der Waals surface area contributed by atoms with Crippen molar-refractivity contribution >= 4 is 52.8 Å². The van der Waals surface area contributed by atoms with Crippen LogP contribution in [0.5, 0.6) is 0 Å². The fourth-order valence-electron chi connectivity index (χ4n) is 6.42. The van der Waals surface area contributed by atoms with Crippen LogP contribution in [0.3, 0.4) is 0 Å². The minimum atomic E-state index is -1.03. The first-order valence-corrected chi connectivity index (χ1v) is 20.9. The van der Waals surface area contributed by atoms with Crippen molar-refractivity contribution in [3.8, 4) is 0 Å². The maximum atomic E-state index is 12.6. The van der Waals surface area contributed by atoms with Gasteiger partial charge in [0.25, 0.3) is 0 Å². The normalized spacial score (nSPS) is 16.3. The van der Waals surface area contributed by atoms with Gasteiger partial charge in [0, 0.05) is 17.4 Å². The minimum absolute atomic E-state index is 0.0318. The molecule has 4 rings (SSSR count). The summed E-state index contributed by atoms with van der Waals surface area (Å²) < 4.78 is 10.8. The van der Waals surface area contributed by atoms with Crippen molar-refractivity contribution in [1.29, 1.82) is 0 Å². The van der Waals surface area contributed by atoms with Crippen LogP contribution in [0.4, 0.5) is 11.4 Å². The van der Waals surface area contributed by atoms with E-state index in [1.807, 2.05) is 117 Å². The van der Waals surface area contributed by atoms with Gasteiger partial charge in [0.1, 0.15) is 18.1 Å². The maximum absolute atomic E-state index is 12.6. The number of nitrogens with one attached hydrogen (secondary N) is 6. The molecule has 3 aromatic rings. The van der Waals surface area contributed by atoms with Gasteiger partial charge in [0.15, 0.2) is 0 Å². The Morgan fingerprint density at radius 1 is 0.645 bits per heavy atom. The van der Waals surface area contributed by atoms with E-state index in [9.17, 15) is 33.6 Å². The summed E-state index contributed by atoms with van der Waals surface area (Å²) in [6.45, 7) is 21.3. The van der Waals surface area contributed by atoms with Crippen molar-refractivity contribution in [1.82, 2.24) is 21.3 Å². The lowest BCUT2D eigenvalue weighted by molar-refractivity contribution is -0.168. The molecule has 0 bridgehead atoms. The largest absolute Gasteiger partial charge is 0.433 e. The summed E-state index contributed by atoms with van der Waals surface area (Å²) >= 11 is 0. The molecule has 1 saturated heterocycles. The molecule has 0 aliphatic carbocycles. The van der Waals surface area contributed by atoms with Gasteiger partial charge in [0.05, 0.1) is 13.0 Å². The van der Waals surface area contributed by atoms with Gasteiger partial charge in [0.2, 0.25) is 18.1 Å². The summed E-state index contributed by atoms with van der Waals surface area (Å²) in [5.41, 5.74) is 3.39. The zero-order chi connectivity index (χ0) is 46.4. The highest BCUT2D eigenvalue weighted by atomic mass is 16.7. The highest BCUT2D eigenvalue weighted by Crippen LogP contribution is 2.30. The van der Waals surface area contributed by atoms with Crippen LogP contribution in [0.1, 0.15) is 106 Å². The number of ether oxygens (including phenoxy) is 2. The highest BCUT2D eigenvalue weighted by molar-refractivity contribution is 6.40. The molecule has 1 fully saturated rings. The lowest BCUT2D eigenvalue weighted by atomic mass is 9.86. The number of benzene rings is 3. The number of rotatable bonds is 13. The van der Waals surface area contributed by atoms with E-state index in [1.54, 1.807) is 31.2 Å². The van der Waals surface area contributed by atoms with E-state index in [-0.39, 0.29) is 35.8 Å². The molecule has 5 unspecified atom stereocenters. The Morgan fingerprint density at radius 2 is 1.10 bits per heavy atom. The Bertz CT molecular complexity index is 2040. The van der Waals surface area contributed by atoms with Crippen LogP contribution in [-0.4, -0.2) is 71.9 Å². The second kappa shape index (κ2) is 22.7. The first-order chi connectivity index (χ1) is 29.0. The van der Waals surface area contributed by atoms with E-state index >= 15 is 0 Å². The Kier molecular flexibility index (Phi) is 18.4. The molecule has 6 N–H and O–H groups in total. The number of esters is 1. The molecule has 1 aliphatic heterocycles. The van der Waals surface area contributed by atoms with Crippen LogP contribution < -0.4 is 31.9 Å². The third-order valence-electron chi connectivity index (χ3n) is 9.98. The standard InChI is InChI=1S/C26H31N3O6.C21H33N3O3/c1-16(27-23(32)24(33)28-19-13-9-8-12-18(19)26(2,3)4)22(31)29-20-14-21(30)35-25(20)34-15-17-10-6-5-7-11-17;1-8-16(13(2)3)23-18(25)14(4)22-19(26)20(27)24-17-12-10-9-11-15(17)21(5,6)7/h5-13,16,20,25H,14-15H2,1-4H3,(H,27,32)(H,28,33)(H,29,31);9-14,16H,8H2,1-7H3,(H,22,26)(H,23,25)(H,24,27). The van der Waals surface area contributed by atoms with Crippen molar-refractivity contribution in [2.24, 2.45) is 5.92 Å². The molecule has 15 heteroatoms.